The van der Waals surface area contributed by atoms with Crippen LogP contribution in [0.25, 0.3) is 10.9 Å². The van der Waals surface area contributed by atoms with Crippen LogP contribution in [0.15, 0.2) is 76.2 Å². The van der Waals surface area contributed by atoms with Crippen molar-refractivity contribution in [2.24, 2.45) is 0 Å². The largest absolute Gasteiger partial charge is 0.494 e. The fraction of sp³-hybridized carbons (Fsp3) is 0.200. The van der Waals surface area contributed by atoms with Crippen molar-refractivity contribution in [2.45, 2.75) is 38.3 Å². The maximum Gasteiger partial charge on any atom is 0.293 e. The lowest BCUT2D eigenvalue weighted by molar-refractivity contribution is -0.384. The average Bonchev–Trinajstić information content (AvgIpc) is 3.64. The van der Waals surface area contributed by atoms with Crippen molar-refractivity contribution in [3.63, 3.8) is 0 Å². The van der Waals surface area contributed by atoms with Gasteiger partial charge in [0, 0.05) is 34.5 Å². The number of hydrogen-bond acceptors (Lipinski definition) is 9. The number of nitrogens with one attached hydrogen (secondary N) is 2. The van der Waals surface area contributed by atoms with Crippen LogP contribution in [0.4, 0.5) is 11.4 Å². The number of fused-ring (bicyclic) bond motifs is 1. The van der Waals surface area contributed by atoms with Crippen molar-refractivity contribution in [3.05, 3.63) is 110 Å². The number of halogens is 2. The molecule has 5 rings (SSSR count). The van der Waals surface area contributed by atoms with Gasteiger partial charge in [-0.15, -0.1) is 0 Å². The van der Waals surface area contributed by atoms with Crippen molar-refractivity contribution in [1.82, 2.24) is 14.5 Å². The predicted molar refractivity (Wildman–Crippen MR) is 170 cm³/mol. The van der Waals surface area contributed by atoms with Crippen LogP contribution >= 0.6 is 23.2 Å². The molecule has 0 bridgehead atoms. The number of carbonyl (C=O) groups is 1. The van der Waals surface area contributed by atoms with Crippen LogP contribution in [-0.2, 0) is 23.1 Å². The fourth-order valence-corrected chi connectivity index (χ4v) is 5.94. The Kier molecular flexibility index (Phi) is 9.32. The smallest absolute Gasteiger partial charge is 0.293 e. The van der Waals surface area contributed by atoms with Crippen molar-refractivity contribution < 1.29 is 27.3 Å². The number of rotatable bonds is 12. The molecule has 0 spiro atoms. The van der Waals surface area contributed by atoms with Gasteiger partial charge in [0.25, 0.3) is 21.6 Å². The zero-order valence-electron chi connectivity index (χ0n) is 24.0. The summed E-state index contributed by atoms with van der Waals surface area (Å²) in [6, 6.07) is 15.2. The van der Waals surface area contributed by atoms with Crippen LogP contribution in [0.1, 0.15) is 33.8 Å². The third-order valence-electron chi connectivity index (χ3n) is 6.86. The first-order chi connectivity index (χ1) is 21.4. The van der Waals surface area contributed by atoms with Gasteiger partial charge >= 0.3 is 0 Å². The highest BCUT2D eigenvalue weighted by molar-refractivity contribution is 7.90. The summed E-state index contributed by atoms with van der Waals surface area (Å²) in [5.74, 6) is 0.185. The SMILES string of the molecule is Cc1cc(OCCCn2nc(C(=O)NS(=O)(=O)c3ccc(NCc4ccco4)c([N+](=O)[O-])c3)c3cc(Cl)ccc32)cc(C)c1Cl. The molecule has 5 aromatic rings. The van der Waals surface area contributed by atoms with Crippen LogP contribution in [0.2, 0.25) is 10.0 Å². The first-order valence-electron chi connectivity index (χ1n) is 13.6. The molecule has 0 aliphatic rings. The van der Waals surface area contributed by atoms with Crippen molar-refractivity contribution in [2.75, 3.05) is 11.9 Å². The Morgan fingerprint density at radius 1 is 1.09 bits per heavy atom. The highest BCUT2D eigenvalue weighted by Gasteiger charge is 2.26. The molecule has 2 heterocycles. The van der Waals surface area contributed by atoms with Gasteiger partial charge in [-0.25, -0.2) is 13.1 Å². The van der Waals surface area contributed by atoms with Gasteiger partial charge in [-0.3, -0.25) is 19.6 Å². The summed E-state index contributed by atoms with van der Waals surface area (Å²) < 4.78 is 41.0. The summed E-state index contributed by atoms with van der Waals surface area (Å²) in [7, 11) is -4.53. The van der Waals surface area contributed by atoms with Gasteiger partial charge in [-0.1, -0.05) is 23.2 Å². The molecule has 2 N–H and O–H groups in total. The van der Waals surface area contributed by atoms with E-state index in [1.807, 2.05) is 30.7 Å². The molecule has 2 aromatic heterocycles. The molecular weight excluding hydrogens is 645 g/mol. The number of sulfonamides is 1. The molecule has 0 saturated carbocycles. The average molecular weight is 673 g/mol. The zero-order valence-corrected chi connectivity index (χ0v) is 26.4. The third kappa shape index (κ3) is 7.22. The van der Waals surface area contributed by atoms with E-state index in [2.05, 4.69) is 10.4 Å². The number of hydrogen-bond donors (Lipinski definition) is 2. The minimum Gasteiger partial charge on any atom is -0.494 e. The molecule has 45 heavy (non-hydrogen) atoms. The van der Waals surface area contributed by atoms with E-state index in [-0.39, 0.29) is 17.9 Å². The van der Waals surface area contributed by atoms with Gasteiger partial charge < -0.3 is 14.5 Å². The fourth-order valence-electron chi connectivity index (χ4n) is 4.69. The summed E-state index contributed by atoms with van der Waals surface area (Å²) in [5.41, 5.74) is 1.77. The predicted octanol–water partition coefficient (Wildman–Crippen LogP) is 6.66. The van der Waals surface area contributed by atoms with Gasteiger partial charge in [0.05, 0.1) is 34.8 Å². The van der Waals surface area contributed by atoms with E-state index >= 15 is 0 Å². The topological polar surface area (TPSA) is 159 Å². The second-order valence-corrected chi connectivity index (χ2v) is 12.6. The summed E-state index contributed by atoms with van der Waals surface area (Å²) in [5, 5.41) is 20.3. The van der Waals surface area contributed by atoms with Crippen molar-refractivity contribution in [3.8, 4) is 5.75 Å². The lowest BCUT2D eigenvalue weighted by Gasteiger charge is -2.10. The highest BCUT2D eigenvalue weighted by atomic mass is 35.5. The van der Waals surface area contributed by atoms with Crippen LogP contribution in [0, 0.1) is 24.0 Å². The van der Waals surface area contributed by atoms with Crippen molar-refractivity contribution >= 4 is 61.4 Å². The number of benzene rings is 3. The molecule has 0 aliphatic carbocycles. The van der Waals surface area contributed by atoms with Gasteiger partial charge in [0.1, 0.15) is 17.2 Å². The maximum absolute atomic E-state index is 13.3. The molecule has 0 radical (unpaired) electrons. The van der Waals surface area contributed by atoms with Crippen LogP contribution in [-0.4, -0.2) is 35.6 Å². The molecule has 1 amide bonds. The molecule has 0 atom stereocenters. The number of nitrogens with zero attached hydrogens (tertiary/aromatic N) is 3. The molecule has 0 saturated heterocycles. The quantitative estimate of drug-likeness (QED) is 0.0840. The number of nitro benzene ring substituents is 1. The number of anilines is 1. The summed E-state index contributed by atoms with van der Waals surface area (Å²) >= 11 is 12.4. The Labute approximate surface area is 268 Å². The third-order valence-corrected chi connectivity index (χ3v) is 9.02. The van der Waals surface area contributed by atoms with Crippen LogP contribution < -0.4 is 14.8 Å². The lowest BCUT2D eigenvalue weighted by Crippen LogP contribution is -2.31. The number of carbonyl (C=O) groups excluding carboxylic acids is 1. The minimum atomic E-state index is -4.53. The van der Waals surface area contributed by atoms with E-state index in [4.69, 9.17) is 32.4 Å². The number of aromatic nitrogens is 2. The van der Waals surface area contributed by atoms with E-state index in [0.29, 0.717) is 52.0 Å². The molecule has 0 unspecified atom stereocenters. The Bertz CT molecular complexity index is 1990. The van der Waals surface area contributed by atoms with Crippen LogP contribution in [0.5, 0.6) is 5.75 Å². The van der Waals surface area contributed by atoms with Gasteiger partial charge in [0.2, 0.25) is 0 Å². The second-order valence-electron chi connectivity index (χ2n) is 10.1. The van der Waals surface area contributed by atoms with Crippen molar-refractivity contribution in [1.29, 1.82) is 0 Å². The summed E-state index contributed by atoms with van der Waals surface area (Å²) in [6.45, 7) is 4.63. The first-order valence-corrected chi connectivity index (χ1v) is 15.8. The lowest BCUT2D eigenvalue weighted by atomic mass is 10.1. The van der Waals surface area contributed by atoms with Gasteiger partial charge in [-0.2, -0.15) is 5.10 Å². The number of ether oxygens (including phenoxy) is 1. The number of furan rings is 1. The normalized spacial score (nSPS) is 11.5. The molecule has 15 heteroatoms. The Hall–Kier alpha value is -4.59. The molecule has 3 aromatic carbocycles. The molecule has 234 valence electrons. The van der Waals surface area contributed by atoms with E-state index in [0.717, 1.165) is 23.3 Å². The summed E-state index contributed by atoms with van der Waals surface area (Å²) in [4.78, 5) is 23.8. The standard InChI is InChI=1S/C30H27Cl2N5O7S/c1-18-13-22(14-19(2)28(18)32)44-12-4-10-36-26-9-6-20(31)15-24(26)29(34-36)30(38)35-45(41,42)23-7-8-25(27(16-23)37(39)40)33-17-21-5-3-11-43-21/h3,5-9,11,13-16,33H,4,10,12,17H2,1-2H3,(H,35,38). The highest BCUT2D eigenvalue weighted by Crippen LogP contribution is 2.29. The van der Waals surface area contributed by atoms with Crippen LogP contribution in [0.3, 0.4) is 0 Å². The molecule has 0 fully saturated rings. The second kappa shape index (κ2) is 13.2. The van der Waals surface area contributed by atoms with E-state index < -0.39 is 31.4 Å². The zero-order chi connectivity index (χ0) is 32.3. The Balaban J connectivity index is 1.32. The van der Waals surface area contributed by atoms with Gasteiger partial charge in [-0.05, 0) is 79.6 Å². The van der Waals surface area contributed by atoms with E-state index in [9.17, 15) is 23.3 Å². The number of amides is 1. The summed E-state index contributed by atoms with van der Waals surface area (Å²) in [6.07, 6.45) is 1.98. The number of aryl methyl sites for hydroxylation is 3. The maximum atomic E-state index is 13.3. The first kappa shape index (κ1) is 31.8. The van der Waals surface area contributed by atoms with E-state index in [1.54, 1.807) is 28.9 Å². The Morgan fingerprint density at radius 2 is 1.84 bits per heavy atom. The monoisotopic (exact) mass is 671 g/mol. The van der Waals surface area contributed by atoms with E-state index in [1.165, 1.54) is 18.4 Å². The molecule has 0 aliphatic heterocycles. The number of nitro groups is 1. The van der Waals surface area contributed by atoms with Gasteiger partial charge in [0.15, 0.2) is 5.69 Å². The molecule has 12 nitrogen and oxygen atoms in total. The molecular formula is C30H27Cl2N5O7S. The minimum absolute atomic E-state index is 0.0753. The Morgan fingerprint density at radius 3 is 2.53 bits per heavy atom.